The summed E-state index contributed by atoms with van der Waals surface area (Å²) < 4.78 is 0. The number of benzene rings is 2. The normalized spacial score (nSPS) is 32.5. The average Bonchev–Trinajstić information content (AvgIpc) is 3.58. The fourth-order valence-electron chi connectivity index (χ4n) is 7.41. The number of para-hydroxylation sites is 1. The van der Waals surface area contributed by atoms with Crippen molar-refractivity contribution in [2.75, 3.05) is 4.90 Å². The maximum atomic E-state index is 13.8. The Hall–Kier alpha value is -2.64. The van der Waals surface area contributed by atoms with Crippen LogP contribution in [0.3, 0.4) is 0 Å². The van der Waals surface area contributed by atoms with E-state index in [0.717, 1.165) is 16.3 Å². The Morgan fingerprint density at radius 2 is 1.56 bits per heavy atom. The van der Waals surface area contributed by atoms with Gasteiger partial charge < -0.3 is 4.98 Å². The predicted molar refractivity (Wildman–Crippen MR) is 143 cm³/mol. The molecule has 7 rings (SSSR count). The van der Waals surface area contributed by atoms with E-state index in [2.05, 4.69) is 50.0 Å². The molecule has 0 spiro atoms. The SMILES string of the molecule is CC(C)(C)c1ccc([C@@H]2c3sc(=O)[nH]c3S[C@@H]3[C@H]4C[C@@H]([C@@H]5C(=O)N(c6ccccc6)C(=O)[C@H]45)[C@@H]23)cc1. The Bertz CT molecular complexity index is 1440. The molecule has 2 aliphatic carbocycles. The van der Waals surface area contributed by atoms with Crippen molar-refractivity contribution in [1.29, 1.82) is 0 Å². The maximum Gasteiger partial charge on any atom is 0.305 e. The van der Waals surface area contributed by atoms with E-state index < -0.39 is 0 Å². The van der Waals surface area contributed by atoms with Gasteiger partial charge in [-0.15, -0.1) is 11.8 Å². The van der Waals surface area contributed by atoms with Gasteiger partial charge >= 0.3 is 4.87 Å². The molecule has 2 saturated carbocycles. The topological polar surface area (TPSA) is 70.2 Å². The van der Waals surface area contributed by atoms with Crippen molar-refractivity contribution >= 4 is 40.6 Å². The molecule has 3 fully saturated rings. The second-order valence-electron chi connectivity index (χ2n) is 11.7. The molecule has 4 aliphatic rings. The van der Waals surface area contributed by atoms with Crippen molar-refractivity contribution in [3.8, 4) is 0 Å². The third-order valence-electron chi connectivity index (χ3n) is 8.87. The molecule has 2 amide bonds. The largest absolute Gasteiger partial charge is 0.307 e. The second-order valence-corrected chi connectivity index (χ2v) is 13.9. The summed E-state index contributed by atoms with van der Waals surface area (Å²) in [6.07, 6.45) is 0.910. The summed E-state index contributed by atoms with van der Waals surface area (Å²) in [4.78, 5) is 45.4. The molecular weight excluding hydrogens is 488 g/mol. The van der Waals surface area contributed by atoms with Crippen LogP contribution in [0.5, 0.6) is 0 Å². The van der Waals surface area contributed by atoms with Crippen molar-refractivity contribution < 1.29 is 9.59 Å². The van der Waals surface area contributed by atoms with E-state index in [1.165, 1.54) is 27.4 Å². The highest BCUT2D eigenvalue weighted by Crippen LogP contribution is 2.68. The third-order valence-corrected chi connectivity index (χ3v) is 11.5. The molecule has 3 heterocycles. The number of hydrogen-bond acceptors (Lipinski definition) is 5. The summed E-state index contributed by atoms with van der Waals surface area (Å²) in [6, 6.07) is 18.2. The number of H-pyrrole nitrogens is 1. The number of anilines is 1. The van der Waals surface area contributed by atoms with Crippen molar-refractivity contribution in [3.63, 3.8) is 0 Å². The first kappa shape index (κ1) is 22.5. The number of nitrogens with zero attached hydrogens (tertiary/aromatic N) is 1. The average molecular weight is 517 g/mol. The highest BCUT2D eigenvalue weighted by Gasteiger charge is 2.69. The fraction of sp³-hybridized carbons (Fsp3) is 0.414. The zero-order valence-electron chi connectivity index (χ0n) is 20.4. The minimum atomic E-state index is -0.266. The van der Waals surface area contributed by atoms with Gasteiger partial charge in [-0.25, -0.2) is 0 Å². The number of fused-ring (bicyclic) bond motifs is 9. The number of aromatic nitrogens is 1. The van der Waals surface area contributed by atoms with E-state index in [9.17, 15) is 14.4 Å². The van der Waals surface area contributed by atoms with Gasteiger partial charge in [-0.05, 0) is 52.8 Å². The third kappa shape index (κ3) is 3.05. The molecule has 1 saturated heterocycles. The highest BCUT2D eigenvalue weighted by atomic mass is 32.2. The Balaban J connectivity index is 1.31. The van der Waals surface area contributed by atoms with Crippen molar-refractivity contribution in [1.82, 2.24) is 4.98 Å². The van der Waals surface area contributed by atoms with Gasteiger partial charge in [-0.1, -0.05) is 74.6 Å². The second kappa shape index (κ2) is 7.68. The van der Waals surface area contributed by atoms with Crippen LogP contribution in [-0.4, -0.2) is 22.0 Å². The number of carbonyl (C=O) groups is 2. The lowest BCUT2D eigenvalue weighted by Crippen LogP contribution is -2.42. The van der Waals surface area contributed by atoms with Gasteiger partial charge in [0.2, 0.25) is 11.8 Å². The zero-order chi connectivity index (χ0) is 24.9. The number of hydrogen-bond donors (Lipinski definition) is 1. The van der Waals surface area contributed by atoms with Crippen LogP contribution < -0.4 is 9.77 Å². The first-order valence-corrected chi connectivity index (χ1v) is 14.4. The number of aromatic amines is 1. The Kier molecular flexibility index (Phi) is 4.81. The van der Waals surface area contributed by atoms with Crippen LogP contribution in [-0.2, 0) is 15.0 Å². The first-order valence-electron chi connectivity index (χ1n) is 12.7. The van der Waals surface area contributed by atoms with Crippen LogP contribution >= 0.6 is 23.1 Å². The standard InChI is InChI=1S/C29H28N2O3S2/c1-29(2,3)15-11-9-14(10-12-15)19-20-17-13-18(23(20)35-25-24(19)36-28(34)30-25)22-21(17)26(32)31(27(22)33)16-7-5-4-6-8-16/h4-12,17-23H,13H2,1-3H3,(H,30,34)/t17-,18+,19+,20+,21+,22-,23-/m1/s1. The molecule has 3 aromatic rings. The molecule has 2 aromatic carbocycles. The zero-order valence-corrected chi connectivity index (χ0v) is 22.1. The van der Waals surface area contributed by atoms with Gasteiger partial charge in [-0.2, -0.15) is 0 Å². The monoisotopic (exact) mass is 516 g/mol. The van der Waals surface area contributed by atoms with E-state index >= 15 is 0 Å². The van der Waals surface area contributed by atoms with Crippen LogP contribution in [0.15, 0.2) is 64.4 Å². The van der Waals surface area contributed by atoms with Gasteiger partial charge in [0, 0.05) is 16.0 Å². The highest BCUT2D eigenvalue weighted by molar-refractivity contribution is 8.00. The van der Waals surface area contributed by atoms with Crippen LogP contribution in [0.25, 0.3) is 0 Å². The molecule has 1 N–H and O–H groups in total. The minimum absolute atomic E-state index is 0.0290. The quantitative estimate of drug-likeness (QED) is 0.462. The maximum absolute atomic E-state index is 13.8. The molecule has 2 aliphatic heterocycles. The number of rotatable bonds is 2. The molecule has 0 unspecified atom stereocenters. The molecule has 36 heavy (non-hydrogen) atoms. The molecule has 2 bridgehead atoms. The van der Waals surface area contributed by atoms with Gasteiger partial charge in [-0.3, -0.25) is 19.3 Å². The summed E-state index contributed by atoms with van der Waals surface area (Å²) in [5, 5.41) is 1.17. The van der Waals surface area contributed by atoms with Crippen LogP contribution in [0.4, 0.5) is 5.69 Å². The summed E-state index contributed by atoms with van der Waals surface area (Å²) in [6.45, 7) is 6.63. The van der Waals surface area contributed by atoms with Gasteiger partial charge in [0.05, 0.1) is 22.5 Å². The summed E-state index contributed by atoms with van der Waals surface area (Å²) >= 11 is 3.05. The van der Waals surface area contributed by atoms with E-state index in [1.54, 1.807) is 11.8 Å². The molecule has 184 valence electrons. The molecule has 7 atom stereocenters. The van der Waals surface area contributed by atoms with E-state index in [4.69, 9.17) is 0 Å². The van der Waals surface area contributed by atoms with Crippen LogP contribution in [0.1, 0.15) is 49.1 Å². The van der Waals surface area contributed by atoms with E-state index in [1.807, 2.05) is 30.3 Å². The Morgan fingerprint density at radius 3 is 2.22 bits per heavy atom. The van der Waals surface area contributed by atoms with E-state index in [-0.39, 0.29) is 62.9 Å². The molecule has 5 nitrogen and oxygen atoms in total. The Labute approximate surface area is 218 Å². The van der Waals surface area contributed by atoms with Crippen LogP contribution in [0.2, 0.25) is 0 Å². The lowest BCUT2D eigenvalue weighted by molar-refractivity contribution is -0.123. The molecule has 1 aromatic heterocycles. The number of thiazole rings is 1. The summed E-state index contributed by atoms with van der Waals surface area (Å²) in [5.74, 6) is -0.0266. The Morgan fingerprint density at radius 1 is 0.889 bits per heavy atom. The smallest absolute Gasteiger partial charge is 0.305 e. The molecular formula is C29H28N2O3S2. The molecule has 7 heteroatoms. The van der Waals surface area contributed by atoms with Gasteiger partial charge in [0.15, 0.2) is 0 Å². The number of carbonyl (C=O) groups excluding carboxylic acids is 2. The van der Waals surface area contributed by atoms with E-state index in [0.29, 0.717) is 5.69 Å². The van der Waals surface area contributed by atoms with Gasteiger partial charge in [0.1, 0.15) is 0 Å². The number of thioether (sulfide) groups is 1. The summed E-state index contributed by atoms with van der Waals surface area (Å²) in [7, 11) is 0. The van der Waals surface area contributed by atoms with Crippen molar-refractivity contribution in [2.24, 2.45) is 29.6 Å². The van der Waals surface area contributed by atoms with Crippen LogP contribution in [0, 0.1) is 29.6 Å². The number of imide groups is 1. The lowest BCUT2D eigenvalue weighted by atomic mass is 9.68. The first-order chi connectivity index (χ1) is 17.2. The van der Waals surface area contributed by atoms with Crippen molar-refractivity contribution in [2.45, 2.75) is 48.8 Å². The number of nitrogens with one attached hydrogen (secondary N) is 1. The summed E-state index contributed by atoms with van der Waals surface area (Å²) in [5.41, 5.74) is 3.22. The fourth-order valence-corrected chi connectivity index (χ4v) is 10.3. The van der Waals surface area contributed by atoms with Crippen molar-refractivity contribution in [3.05, 3.63) is 80.3 Å². The number of amides is 2. The predicted octanol–water partition coefficient (Wildman–Crippen LogP) is 5.41. The van der Waals surface area contributed by atoms with Gasteiger partial charge in [0.25, 0.3) is 0 Å². The molecule has 0 radical (unpaired) electrons. The minimum Gasteiger partial charge on any atom is -0.307 e. The lowest BCUT2D eigenvalue weighted by Gasteiger charge is -2.43.